The summed E-state index contributed by atoms with van der Waals surface area (Å²) in [4.78, 5) is 38.7. The van der Waals surface area contributed by atoms with Crippen LogP contribution in [-0.4, -0.2) is 47.5 Å². The molecule has 3 amide bonds. The van der Waals surface area contributed by atoms with Crippen molar-refractivity contribution in [3.63, 3.8) is 0 Å². The molecular weight excluding hydrogens is 346 g/mol. The molecule has 0 spiro atoms. The normalized spacial score (nSPS) is 15.2. The molecular formula is C20H29N3O4. The van der Waals surface area contributed by atoms with Crippen molar-refractivity contribution in [3.8, 4) is 0 Å². The quantitative estimate of drug-likeness (QED) is 0.846. The molecule has 1 saturated heterocycles. The van der Waals surface area contributed by atoms with Crippen LogP contribution in [0.4, 0.5) is 10.5 Å². The van der Waals surface area contributed by atoms with Crippen molar-refractivity contribution in [2.45, 2.75) is 59.1 Å². The molecule has 27 heavy (non-hydrogen) atoms. The van der Waals surface area contributed by atoms with Gasteiger partial charge in [0.2, 0.25) is 5.91 Å². The molecule has 0 aliphatic carbocycles. The van der Waals surface area contributed by atoms with E-state index < -0.39 is 17.7 Å². The van der Waals surface area contributed by atoms with Crippen LogP contribution in [0.15, 0.2) is 18.2 Å². The summed E-state index contributed by atoms with van der Waals surface area (Å²) in [5.74, 6) is -0.393. The number of benzene rings is 1. The van der Waals surface area contributed by atoms with E-state index in [2.05, 4.69) is 10.6 Å². The summed E-state index contributed by atoms with van der Waals surface area (Å²) in [5.41, 5.74) is 1.22. The van der Waals surface area contributed by atoms with E-state index in [9.17, 15) is 14.4 Å². The number of alkyl carbamates (subject to hydrolysis) is 1. The fraction of sp³-hybridized carbons (Fsp3) is 0.550. The van der Waals surface area contributed by atoms with Gasteiger partial charge in [0.1, 0.15) is 11.6 Å². The molecule has 1 heterocycles. The molecule has 0 aromatic heterocycles. The molecule has 1 atom stereocenters. The molecule has 1 unspecified atom stereocenters. The number of hydrogen-bond donors (Lipinski definition) is 2. The Morgan fingerprint density at radius 2 is 1.78 bits per heavy atom. The first kappa shape index (κ1) is 20.7. The first-order valence-corrected chi connectivity index (χ1v) is 9.28. The third-order valence-corrected chi connectivity index (χ3v) is 4.34. The Labute approximate surface area is 160 Å². The Morgan fingerprint density at radius 1 is 1.15 bits per heavy atom. The monoisotopic (exact) mass is 375 g/mol. The number of ether oxygens (including phenoxy) is 1. The molecule has 7 nitrogen and oxygen atoms in total. The van der Waals surface area contributed by atoms with E-state index in [4.69, 9.17) is 4.74 Å². The third kappa shape index (κ3) is 5.70. The lowest BCUT2D eigenvalue weighted by atomic mass is 10.1. The minimum Gasteiger partial charge on any atom is -0.444 e. The second-order valence-electron chi connectivity index (χ2n) is 7.83. The van der Waals surface area contributed by atoms with Crippen LogP contribution in [0.1, 0.15) is 56.5 Å². The highest BCUT2D eigenvalue weighted by Crippen LogP contribution is 2.22. The Hall–Kier alpha value is -2.57. The van der Waals surface area contributed by atoms with Gasteiger partial charge in [0.05, 0.1) is 0 Å². The number of carbonyl (C=O) groups is 3. The third-order valence-electron chi connectivity index (χ3n) is 4.34. The van der Waals surface area contributed by atoms with Crippen molar-refractivity contribution in [2.24, 2.45) is 0 Å². The number of anilines is 1. The Kier molecular flexibility index (Phi) is 6.46. The molecule has 0 saturated carbocycles. The van der Waals surface area contributed by atoms with E-state index in [1.165, 1.54) is 0 Å². The summed E-state index contributed by atoms with van der Waals surface area (Å²) in [6, 6.07) is 4.48. The molecule has 148 valence electrons. The van der Waals surface area contributed by atoms with Gasteiger partial charge in [-0.3, -0.25) is 9.59 Å². The molecule has 1 aliphatic rings. The maximum absolute atomic E-state index is 12.7. The molecule has 1 fully saturated rings. The second kappa shape index (κ2) is 8.41. The number of nitrogens with zero attached hydrogens (tertiary/aromatic N) is 1. The number of nitrogens with one attached hydrogen (secondary N) is 2. The highest BCUT2D eigenvalue weighted by atomic mass is 16.6. The number of likely N-dealkylation sites (tertiary alicyclic amines) is 1. The first-order valence-electron chi connectivity index (χ1n) is 9.28. The van der Waals surface area contributed by atoms with Crippen molar-refractivity contribution in [1.82, 2.24) is 10.2 Å². The zero-order valence-corrected chi connectivity index (χ0v) is 16.7. The van der Waals surface area contributed by atoms with Crippen LogP contribution < -0.4 is 10.6 Å². The summed E-state index contributed by atoms with van der Waals surface area (Å²) < 4.78 is 5.16. The van der Waals surface area contributed by atoms with Gasteiger partial charge in [-0.1, -0.05) is 6.07 Å². The van der Waals surface area contributed by atoms with Gasteiger partial charge >= 0.3 is 6.09 Å². The van der Waals surface area contributed by atoms with Gasteiger partial charge < -0.3 is 20.3 Å². The Bertz CT molecular complexity index is 718. The SMILES string of the molecule is Cc1c(NC(=O)C(C)NC(=O)OC(C)(C)C)cccc1C(=O)N1CCCC1. The van der Waals surface area contributed by atoms with Gasteiger partial charge in [0, 0.05) is 24.3 Å². The fourth-order valence-corrected chi connectivity index (χ4v) is 2.88. The lowest BCUT2D eigenvalue weighted by Crippen LogP contribution is -2.44. The predicted molar refractivity (Wildman–Crippen MR) is 104 cm³/mol. The zero-order chi connectivity index (χ0) is 20.2. The van der Waals surface area contributed by atoms with Crippen LogP contribution in [-0.2, 0) is 9.53 Å². The summed E-state index contributed by atoms with van der Waals surface area (Å²) in [6.45, 7) is 10.2. The van der Waals surface area contributed by atoms with E-state index in [0.29, 0.717) is 16.8 Å². The molecule has 1 aromatic rings. The predicted octanol–water partition coefficient (Wildman–Crippen LogP) is 3.08. The van der Waals surface area contributed by atoms with E-state index >= 15 is 0 Å². The number of amides is 3. The molecule has 7 heteroatoms. The second-order valence-corrected chi connectivity index (χ2v) is 7.83. The first-order chi connectivity index (χ1) is 12.6. The maximum atomic E-state index is 12.7. The van der Waals surface area contributed by atoms with Gasteiger partial charge in [-0.25, -0.2) is 4.79 Å². The maximum Gasteiger partial charge on any atom is 0.408 e. The van der Waals surface area contributed by atoms with Crippen molar-refractivity contribution < 1.29 is 19.1 Å². The summed E-state index contributed by atoms with van der Waals surface area (Å²) in [6.07, 6.45) is 1.39. The standard InChI is InChI=1S/C20H29N3O4/c1-13-15(18(25)23-11-6-7-12-23)9-8-10-16(13)22-17(24)14(2)21-19(26)27-20(3,4)5/h8-10,14H,6-7,11-12H2,1-5H3,(H,21,26)(H,22,24). The van der Waals surface area contributed by atoms with Crippen LogP contribution in [0.3, 0.4) is 0 Å². The van der Waals surface area contributed by atoms with Crippen LogP contribution in [0, 0.1) is 6.92 Å². The van der Waals surface area contributed by atoms with E-state index in [1.807, 2.05) is 11.8 Å². The molecule has 2 N–H and O–H groups in total. The minimum atomic E-state index is -0.780. The van der Waals surface area contributed by atoms with Gasteiger partial charge in [-0.15, -0.1) is 0 Å². The Morgan fingerprint density at radius 3 is 2.37 bits per heavy atom. The van der Waals surface area contributed by atoms with Crippen LogP contribution in [0.5, 0.6) is 0 Å². The number of carbonyl (C=O) groups excluding carboxylic acids is 3. The van der Waals surface area contributed by atoms with Crippen molar-refractivity contribution >= 4 is 23.6 Å². The topological polar surface area (TPSA) is 87.7 Å². The molecule has 1 aliphatic heterocycles. The van der Waals surface area contributed by atoms with E-state index in [0.717, 1.165) is 25.9 Å². The number of hydrogen-bond acceptors (Lipinski definition) is 4. The highest BCUT2D eigenvalue weighted by Gasteiger charge is 2.24. The average Bonchev–Trinajstić information content (AvgIpc) is 3.08. The Balaban J connectivity index is 2.04. The van der Waals surface area contributed by atoms with Crippen LogP contribution in [0.2, 0.25) is 0 Å². The lowest BCUT2D eigenvalue weighted by molar-refractivity contribution is -0.117. The van der Waals surface area contributed by atoms with Gasteiger partial charge in [-0.05, 0) is 65.2 Å². The van der Waals surface area contributed by atoms with Crippen molar-refractivity contribution in [2.75, 3.05) is 18.4 Å². The molecule has 1 aromatic carbocycles. The van der Waals surface area contributed by atoms with Crippen LogP contribution >= 0.6 is 0 Å². The van der Waals surface area contributed by atoms with Gasteiger partial charge in [0.25, 0.3) is 5.91 Å². The summed E-state index contributed by atoms with van der Waals surface area (Å²) in [5, 5.41) is 5.29. The molecule has 0 bridgehead atoms. The molecule has 2 rings (SSSR count). The average molecular weight is 375 g/mol. The van der Waals surface area contributed by atoms with Crippen molar-refractivity contribution in [3.05, 3.63) is 29.3 Å². The highest BCUT2D eigenvalue weighted by molar-refractivity contribution is 6.01. The summed E-state index contributed by atoms with van der Waals surface area (Å²) >= 11 is 0. The number of rotatable bonds is 4. The minimum absolute atomic E-state index is 0.0129. The summed E-state index contributed by atoms with van der Waals surface area (Å²) in [7, 11) is 0. The van der Waals surface area contributed by atoms with E-state index in [1.54, 1.807) is 45.9 Å². The molecule has 0 radical (unpaired) electrons. The van der Waals surface area contributed by atoms with Gasteiger partial charge in [-0.2, -0.15) is 0 Å². The van der Waals surface area contributed by atoms with Crippen molar-refractivity contribution in [1.29, 1.82) is 0 Å². The fourth-order valence-electron chi connectivity index (χ4n) is 2.88. The van der Waals surface area contributed by atoms with E-state index in [-0.39, 0.29) is 11.8 Å². The largest absolute Gasteiger partial charge is 0.444 e. The van der Waals surface area contributed by atoms with Crippen LogP contribution in [0.25, 0.3) is 0 Å². The zero-order valence-electron chi connectivity index (χ0n) is 16.7. The lowest BCUT2D eigenvalue weighted by Gasteiger charge is -2.22. The van der Waals surface area contributed by atoms with Gasteiger partial charge in [0.15, 0.2) is 0 Å². The smallest absolute Gasteiger partial charge is 0.408 e.